The van der Waals surface area contributed by atoms with E-state index in [2.05, 4.69) is 4.90 Å². The Morgan fingerprint density at radius 2 is 2.20 bits per heavy atom. The van der Waals surface area contributed by atoms with Crippen LogP contribution in [-0.4, -0.2) is 53.7 Å². The van der Waals surface area contributed by atoms with E-state index in [1.54, 1.807) is 0 Å². The highest BCUT2D eigenvalue weighted by atomic mass is 35.5. The molecule has 2 heterocycles. The fourth-order valence-corrected chi connectivity index (χ4v) is 3.63. The molecule has 20 heavy (non-hydrogen) atoms. The Morgan fingerprint density at radius 3 is 2.95 bits per heavy atom. The lowest BCUT2D eigenvalue weighted by molar-refractivity contribution is -0.0408. The number of hydrogen-bond acceptors (Lipinski definition) is 4. The number of thioether (sulfide) groups is 1. The SMILES string of the molecule is O=C1SCCN1CN1CCOC(c2ccccc2Cl)C1. The zero-order chi connectivity index (χ0) is 13.9. The normalized spacial score (nSPS) is 24.4. The minimum Gasteiger partial charge on any atom is -0.371 e. The second-order valence-corrected chi connectivity index (χ2v) is 6.43. The van der Waals surface area contributed by atoms with E-state index in [9.17, 15) is 4.79 Å². The molecule has 1 aromatic carbocycles. The van der Waals surface area contributed by atoms with Crippen LogP contribution in [0.3, 0.4) is 0 Å². The molecule has 108 valence electrons. The van der Waals surface area contributed by atoms with E-state index in [-0.39, 0.29) is 11.3 Å². The van der Waals surface area contributed by atoms with Crippen LogP contribution in [0.25, 0.3) is 0 Å². The van der Waals surface area contributed by atoms with E-state index >= 15 is 0 Å². The summed E-state index contributed by atoms with van der Waals surface area (Å²) in [5, 5.41) is 0.929. The Morgan fingerprint density at radius 1 is 1.35 bits per heavy atom. The summed E-state index contributed by atoms with van der Waals surface area (Å²) < 4.78 is 5.83. The number of rotatable bonds is 3. The second kappa shape index (κ2) is 6.35. The van der Waals surface area contributed by atoms with Crippen molar-refractivity contribution in [3.63, 3.8) is 0 Å². The van der Waals surface area contributed by atoms with Crippen LogP contribution in [0.15, 0.2) is 24.3 Å². The summed E-state index contributed by atoms with van der Waals surface area (Å²) in [6.45, 7) is 3.84. The van der Waals surface area contributed by atoms with Gasteiger partial charge >= 0.3 is 0 Å². The molecular weight excluding hydrogens is 296 g/mol. The van der Waals surface area contributed by atoms with Crippen molar-refractivity contribution in [3.8, 4) is 0 Å². The van der Waals surface area contributed by atoms with Gasteiger partial charge < -0.3 is 9.64 Å². The summed E-state index contributed by atoms with van der Waals surface area (Å²) in [6, 6.07) is 7.80. The van der Waals surface area contributed by atoms with Crippen molar-refractivity contribution in [1.82, 2.24) is 9.80 Å². The summed E-state index contributed by atoms with van der Waals surface area (Å²) in [5.74, 6) is 0.900. The Balaban J connectivity index is 1.64. The molecule has 0 aromatic heterocycles. The first-order chi connectivity index (χ1) is 9.74. The lowest BCUT2D eigenvalue weighted by Crippen LogP contribution is -2.45. The van der Waals surface area contributed by atoms with Gasteiger partial charge in [-0.1, -0.05) is 41.6 Å². The lowest BCUT2D eigenvalue weighted by atomic mass is 10.1. The van der Waals surface area contributed by atoms with Gasteiger partial charge in [0, 0.05) is 36.0 Å². The van der Waals surface area contributed by atoms with Crippen LogP contribution in [-0.2, 0) is 4.74 Å². The average Bonchev–Trinajstić information content (AvgIpc) is 2.85. The van der Waals surface area contributed by atoms with Crippen molar-refractivity contribution in [3.05, 3.63) is 34.9 Å². The average molecular weight is 313 g/mol. The smallest absolute Gasteiger partial charge is 0.282 e. The van der Waals surface area contributed by atoms with Crippen molar-refractivity contribution < 1.29 is 9.53 Å². The molecular formula is C14H17ClN2O2S. The van der Waals surface area contributed by atoms with Gasteiger partial charge in [-0.15, -0.1) is 0 Å². The Kier molecular flexibility index (Phi) is 4.51. The quantitative estimate of drug-likeness (QED) is 0.859. The van der Waals surface area contributed by atoms with Crippen LogP contribution in [0.4, 0.5) is 4.79 Å². The van der Waals surface area contributed by atoms with E-state index in [0.717, 1.165) is 36.0 Å². The van der Waals surface area contributed by atoms with Crippen LogP contribution in [0.1, 0.15) is 11.7 Å². The summed E-state index contributed by atoms with van der Waals surface area (Å²) in [7, 11) is 0. The third-order valence-corrected chi connectivity index (χ3v) is 4.85. The molecule has 0 saturated carbocycles. The van der Waals surface area contributed by atoms with Crippen LogP contribution in [0, 0.1) is 0 Å². The van der Waals surface area contributed by atoms with Gasteiger partial charge in [-0.3, -0.25) is 9.69 Å². The first kappa shape index (κ1) is 14.2. The molecule has 1 atom stereocenters. The van der Waals surface area contributed by atoms with E-state index in [4.69, 9.17) is 16.3 Å². The van der Waals surface area contributed by atoms with E-state index in [1.165, 1.54) is 11.8 Å². The third kappa shape index (κ3) is 3.11. The summed E-state index contributed by atoms with van der Waals surface area (Å²) in [5.41, 5.74) is 1.03. The number of hydrogen-bond donors (Lipinski definition) is 0. The number of benzene rings is 1. The van der Waals surface area contributed by atoms with Crippen molar-refractivity contribution >= 4 is 28.6 Å². The molecule has 0 N–H and O–H groups in total. The third-order valence-electron chi connectivity index (χ3n) is 3.62. The fourth-order valence-electron chi connectivity index (χ4n) is 2.55. The molecule has 0 bridgehead atoms. The van der Waals surface area contributed by atoms with Gasteiger partial charge in [0.1, 0.15) is 0 Å². The van der Waals surface area contributed by atoms with Gasteiger partial charge in [-0.05, 0) is 6.07 Å². The van der Waals surface area contributed by atoms with Crippen molar-refractivity contribution in [2.75, 3.05) is 38.7 Å². The standard InChI is InChI=1S/C14H17ClN2O2S/c15-12-4-2-1-3-11(12)13-9-16(5-7-19-13)10-17-6-8-20-14(17)18/h1-4,13H,5-10H2. The predicted octanol–water partition coefficient (Wildman–Crippen LogP) is 2.84. The monoisotopic (exact) mass is 312 g/mol. The molecule has 2 aliphatic heterocycles. The maximum absolute atomic E-state index is 11.7. The van der Waals surface area contributed by atoms with Crippen molar-refractivity contribution in [1.29, 1.82) is 0 Å². The molecule has 2 fully saturated rings. The predicted molar refractivity (Wildman–Crippen MR) is 81.1 cm³/mol. The van der Waals surface area contributed by atoms with Gasteiger partial charge in [0.05, 0.1) is 19.4 Å². The number of amides is 1. The maximum atomic E-state index is 11.7. The highest BCUT2D eigenvalue weighted by Gasteiger charge is 2.28. The molecule has 6 heteroatoms. The Labute approximate surface area is 128 Å². The highest BCUT2D eigenvalue weighted by molar-refractivity contribution is 8.13. The molecule has 4 nitrogen and oxygen atoms in total. The van der Waals surface area contributed by atoms with E-state index < -0.39 is 0 Å². The molecule has 1 aromatic rings. The zero-order valence-electron chi connectivity index (χ0n) is 11.1. The Bertz CT molecular complexity index is 500. The Hall–Kier alpha value is -0.750. The molecule has 2 saturated heterocycles. The number of ether oxygens (including phenoxy) is 1. The van der Waals surface area contributed by atoms with Crippen LogP contribution in [0.2, 0.25) is 5.02 Å². The van der Waals surface area contributed by atoms with Crippen LogP contribution in [0.5, 0.6) is 0 Å². The number of carbonyl (C=O) groups excluding carboxylic acids is 1. The number of halogens is 1. The molecule has 0 spiro atoms. The molecule has 2 aliphatic rings. The minimum absolute atomic E-state index is 0.0113. The van der Waals surface area contributed by atoms with Gasteiger partial charge in [0.15, 0.2) is 0 Å². The minimum atomic E-state index is -0.0113. The highest BCUT2D eigenvalue weighted by Crippen LogP contribution is 2.28. The van der Waals surface area contributed by atoms with Gasteiger partial charge in [-0.25, -0.2) is 0 Å². The van der Waals surface area contributed by atoms with Crippen LogP contribution < -0.4 is 0 Å². The lowest BCUT2D eigenvalue weighted by Gasteiger charge is -2.35. The molecule has 0 radical (unpaired) electrons. The van der Waals surface area contributed by atoms with Gasteiger partial charge in [-0.2, -0.15) is 0 Å². The summed E-state index contributed by atoms with van der Waals surface area (Å²) in [6.07, 6.45) is -0.0113. The number of nitrogens with zero attached hydrogens (tertiary/aromatic N) is 2. The zero-order valence-corrected chi connectivity index (χ0v) is 12.7. The van der Waals surface area contributed by atoms with E-state index in [1.807, 2.05) is 29.2 Å². The largest absolute Gasteiger partial charge is 0.371 e. The van der Waals surface area contributed by atoms with Gasteiger partial charge in [0.25, 0.3) is 5.24 Å². The molecule has 3 rings (SSSR count). The second-order valence-electron chi connectivity index (χ2n) is 4.98. The number of morpholine rings is 1. The van der Waals surface area contributed by atoms with Gasteiger partial charge in [0.2, 0.25) is 0 Å². The first-order valence-electron chi connectivity index (χ1n) is 6.74. The topological polar surface area (TPSA) is 32.8 Å². The molecule has 1 unspecified atom stereocenters. The fraction of sp³-hybridized carbons (Fsp3) is 0.500. The molecule has 0 aliphatic carbocycles. The number of carbonyl (C=O) groups is 1. The first-order valence-corrected chi connectivity index (χ1v) is 8.10. The van der Waals surface area contributed by atoms with Crippen molar-refractivity contribution in [2.45, 2.75) is 6.10 Å². The summed E-state index contributed by atoms with van der Waals surface area (Å²) >= 11 is 7.63. The van der Waals surface area contributed by atoms with E-state index in [0.29, 0.717) is 13.3 Å². The van der Waals surface area contributed by atoms with Crippen LogP contribution >= 0.6 is 23.4 Å². The molecule has 1 amide bonds. The van der Waals surface area contributed by atoms with Crippen molar-refractivity contribution in [2.24, 2.45) is 0 Å². The maximum Gasteiger partial charge on any atom is 0.282 e. The summed E-state index contributed by atoms with van der Waals surface area (Å²) in [4.78, 5) is 15.8.